The molecule has 0 unspecified atom stereocenters. The number of ether oxygens (including phenoxy) is 2. The van der Waals surface area contributed by atoms with E-state index in [2.05, 4.69) is 30.7 Å². The number of pyridine rings is 1. The van der Waals surface area contributed by atoms with E-state index >= 15 is 0 Å². The van der Waals surface area contributed by atoms with Gasteiger partial charge in [0.25, 0.3) is 0 Å². The van der Waals surface area contributed by atoms with Crippen LogP contribution in [0.15, 0.2) is 54.9 Å². The van der Waals surface area contributed by atoms with Gasteiger partial charge in [0.1, 0.15) is 0 Å². The van der Waals surface area contributed by atoms with E-state index in [1.807, 2.05) is 24.3 Å². The van der Waals surface area contributed by atoms with E-state index in [0.717, 1.165) is 11.5 Å². The molecule has 166 valence electrons. The van der Waals surface area contributed by atoms with Gasteiger partial charge in [-0.25, -0.2) is 4.79 Å². The maximum atomic E-state index is 12.8. The molecule has 0 spiro atoms. The second-order valence-electron chi connectivity index (χ2n) is 7.09. The van der Waals surface area contributed by atoms with Crippen LogP contribution in [0.3, 0.4) is 0 Å². The SMILES string of the molecule is COc1cccc(NC(=O)N2CCN(c3ccc(Nc4cccnc4)nn3)CC2)c1OC. The van der Waals surface area contributed by atoms with E-state index in [-0.39, 0.29) is 6.03 Å². The van der Waals surface area contributed by atoms with Crippen molar-refractivity contribution in [3.05, 3.63) is 54.9 Å². The molecule has 2 amide bonds. The molecule has 4 rings (SSSR count). The fraction of sp³-hybridized carbons (Fsp3) is 0.273. The van der Waals surface area contributed by atoms with Crippen molar-refractivity contribution in [3.63, 3.8) is 0 Å². The van der Waals surface area contributed by atoms with Crippen molar-refractivity contribution in [1.29, 1.82) is 0 Å². The number of methoxy groups -OCH3 is 2. The fourth-order valence-corrected chi connectivity index (χ4v) is 3.46. The molecule has 0 atom stereocenters. The van der Waals surface area contributed by atoms with Gasteiger partial charge in [0, 0.05) is 32.4 Å². The van der Waals surface area contributed by atoms with Gasteiger partial charge in [0.05, 0.1) is 31.8 Å². The third-order valence-corrected chi connectivity index (χ3v) is 5.12. The van der Waals surface area contributed by atoms with Crippen LogP contribution < -0.4 is 25.0 Å². The second-order valence-corrected chi connectivity index (χ2v) is 7.09. The predicted octanol–water partition coefficient (Wildman–Crippen LogP) is 2.99. The summed E-state index contributed by atoms with van der Waals surface area (Å²) in [6.45, 7) is 2.45. The van der Waals surface area contributed by atoms with Crippen LogP contribution >= 0.6 is 0 Å². The number of rotatable bonds is 6. The molecule has 0 bridgehead atoms. The smallest absolute Gasteiger partial charge is 0.322 e. The van der Waals surface area contributed by atoms with Crippen molar-refractivity contribution in [1.82, 2.24) is 20.1 Å². The molecule has 3 heterocycles. The number of para-hydroxylation sites is 1. The molecule has 0 saturated carbocycles. The highest BCUT2D eigenvalue weighted by molar-refractivity contribution is 5.91. The molecule has 0 aliphatic carbocycles. The zero-order valence-corrected chi connectivity index (χ0v) is 18.0. The van der Waals surface area contributed by atoms with E-state index < -0.39 is 0 Å². The quantitative estimate of drug-likeness (QED) is 0.609. The highest BCUT2D eigenvalue weighted by atomic mass is 16.5. The number of anilines is 4. The van der Waals surface area contributed by atoms with Crippen molar-refractivity contribution >= 4 is 29.0 Å². The van der Waals surface area contributed by atoms with Crippen LogP contribution in [0.5, 0.6) is 11.5 Å². The Morgan fingerprint density at radius 1 is 0.969 bits per heavy atom. The number of carbonyl (C=O) groups excluding carboxylic acids is 1. The number of piperazine rings is 1. The van der Waals surface area contributed by atoms with Crippen molar-refractivity contribution in [3.8, 4) is 11.5 Å². The molecule has 1 fully saturated rings. The van der Waals surface area contributed by atoms with Crippen LogP contribution in [-0.4, -0.2) is 66.5 Å². The summed E-state index contributed by atoms with van der Waals surface area (Å²) in [5, 5.41) is 14.6. The van der Waals surface area contributed by atoms with E-state index in [0.29, 0.717) is 49.2 Å². The third-order valence-electron chi connectivity index (χ3n) is 5.12. The Labute approximate surface area is 186 Å². The molecule has 2 N–H and O–H groups in total. The number of nitrogens with zero attached hydrogens (tertiary/aromatic N) is 5. The Balaban J connectivity index is 1.32. The lowest BCUT2D eigenvalue weighted by atomic mass is 10.2. The molecular formula is C22H25N7O3. The highest BCUT2D eigenvalue weighted by Gasteiger charge is 2.23. The average molecular weight is 435 g/mol. The van der Waals surface area contributed by atoms with Gasteiger partial charge in [0.2, 0.25) is 0 Å². The minimum Gasteiger partial charge on any atom is -0.493 e. The maximum absolute atomic E-state index is 12.8. The lowest BCUT2D eigenvalue weighted by molar-refractivity contribution is 0.208. The first-order valence-electron chi connectivity index (χ1n) is 10.2. The molecule has 2 aromatic heterocycles. The molecule has 10 heteroatoms. The molecule has 32 heavy (non-hydrogen) atoms. The van der Waals surface area contributed by atoms with Crippen molar-refractivity contribution in [2.45, 2.75) is 0 Å². The van der Waals surface area contributed by atoms with E-state index in [1.54, 1.807) is 49.7 Å². The number of hydrogen-bond acceptors (Lipinski definition) is 8. The standard InChI is InChI=1S/C22H25N7O3/c1-31-18-7-3-6-17(21(18)32-2)25-22(30)29-13-11-28(12-14-29)20-9-8-19(26-27-20)24-16-5-4-10-23-15-16/h3-10,15H,11-14H2,1-2H3,(H,24,26)(H,25,30). The molecule has 1 saturated heterocycles. The van der Waals surface area contributed by atoms with Gasteiger partial charge < -0.3 is 29.9 Å². The zero-order chi connectivity index (χ0) is 22.3. The van der Waals surface area contributed by atoms with Crippen LogP contribution in [0, 0.1) is 0 Å². The second kappa shape index (κ2) is 9.82. The number of hydrogen-bond donors (Lipinski definition) is 2. The fourth-order valence-electron chi connectivity index (χ4n) is 3.46. The monoisotopic (exact) mass is 435 g/mol. The summed E-state index contributed by atoms with van der Waals surface area (Å²) in [7, 11) is 3.11. The molecule has 10 nitrogen and oxygen atoms in total. The Hall–Kier alpha value is -4.08. The predicted molar refractivity (Wildman–Crippen MR) is 122 cm³/mol. The summed E-state index contributed by atoms with van der Waals surface area (Å²) >= 11 is 0. The topological polar surface area (TPSA) is 105 Å². The Morgan fingerprint density at radius 2 is 1.81 bits per heavy atom. The summed E-state index contributed by atoms with van der Waals surface area (Å²) in [4.78, 5) is 20.7. The minimum absolute atomic E-state index is 0.182. The van der Waals surface area contributed by atoms with Crippen molar-refractivity contribution in [2.75, 3.05) is 55.9 Å². The van der Waals surface area contributed by atoms with E-state index in [4.69, 9.17) is 9.47 Å². The number of benzene rings is 1. The molecular weight excluding hydrogens is 410 g/mol. The zero-order valence-electron chi connectivity index (χ0n) is 18.0. The lowest BCUT2D eigenvalue weighted by Gasteiger charge is -2.35. The number of carbonyl (C=O) groups is 1. The van der Waals surface area contributed by atoms with Crippen LogP contribution in [0.4, 0.5) is 27.8 Å². The summed E-state index contributed by atoms with van der Waals surface area (Å²) in [5.41, 5.74) is 1.42. The lowest BCUT2D eigenvalue weighted by Crippen LogP contribution is -2.50. The van der Waals surface area contributed by atoms with Gasteiger partial charge in [-0.1, -0.05) is 6.07 Å². The van der Waals surface area contributed by atoms with E-state index in [1.165, 1.54) is 0 Å². The van der Waals surface area contributed by atoms with Gasteiger partial charge in [-0.15, -0.1) is 10.2 Å². The third kappa shape index (κ3) is 4.80. The summed E-state index contributed by atoms with van der Waals surface area (Å²) in [5.74, 6) is 2.48. The Bertz CT molecular complexity index is 1040. The first kappa shape index (κ1) is 21.2. The van der Waals surface area contributed by atoms with Crippen molar-refractivity contribution < 1.29 is 14.3 Å². The number of amides is 2. The average Bonchev–Trinajstić information content (AvgIpc) is 2.85. The van der Waals surface area contributed by atoms with Gasteiger partial charge in [-0.3, -0.25) is 4.98 Å². The van der Waals surface area contributed by atoms with E-state index in [9.17, 15) is 4.79 Å². The highest BCUT2D eigenvalue weighted by Crippen LogP contribution is 2.34. The molecule has 0 radical (unpaired) electrons. The van der Waals surface area contributed by atoms with Gasteiger partial charge >= 0.3 is 6.03 Å². The summed E-state index contributed by atoms with van der Waals surface area (Å²) < 4.78 is 10.7. The molecule has 3 aromatic rings. The summed E-state index contributed by atoms with van der Waals surface area (Å²) in [6.07, 6.45) is 3.44. The molecule has 1 aliphatic heterocycles. The van der Waals surface area contributed by atoms with Gasteiger partial charge in [0.15, 0.2) is 23.1 Å². The number of aromatic nitrogens is 3. The van der Waals surface area contributed by atoms with Gasteiger partial charge in [-0.2, -0.15) is 0 Å². The van der Waals surface area contributed by atoms with Crippen LogP contribution in [0.1, 0.15) is 0 Å². The number of nitrogens with one attached hydrogen (secondary N) is 2. The molecule has 1 aliphatic rings. The Morgan fingerprint density at radius 3 is 2.47 bits per heavy atom. The van der Waals surface area contributed by atoms with Crippen LogP contribution in [0.2, 0.25) is 0 Å². The van der Waals surface area contributed by atoms with Crippen LogP contribution in [-0.2, 0) is 0 Å². The number of urea groups is 1. The maximum Gasteiger partial charge on any atom is 0.322 e. The minimum atomic E-state index is -0.182. The van der Waals surface area contributed by atoms with Crippen LogP contribution in [0.25, 0.3) is 0 Å². The Kier molecular flexibility index (Phi) is 6.49. The first-order chi connectivity index (χ1) is 15.7. The van der Waals surface area contributed by atoms with Gasteiger partial charge in [-0.05, 0) is 36.4 Å². The summed E-state index contributed by atoms with van der Waals surface area (Å²) in [6, 6.07) is 12.8. The normalized spacial score (nSPS) is 13.4. The van der Waals surface area contributed by atoms with Crippen molar-refractivity contribution in [2.24, 2.45) is 0 Å². The largest absolute Gasteiger partial charge is 0.493 e. The first-order valence-corrected chi connectivity index (χ1v) is 10.2. The molecule has 1 aromatic carbocycles.